The zero-order valence-corrected chi connectivity index (χ0v) is 24.5. The molecule has 3 aromatic carbocycles. The summed E-state index contributed by atoms with van der Waals surface area (Å²) < 4.78 is 34.5. The van der Waals surface area contributed by atoms with Crippen LogP contribution in [0.3, 0.4) is 0 Å². The van der Waals surface area contributed by atoms with Crippen molar-refractivity contribution in [2.45, 2.75) is 25.1 Å². The quantitative estimate of drug-likeness (QED) is 0.0504. The average Bonchev–Trinajstić information content (AvgIpc) is 3.24. The molecule has 0 bridgehead atoms. The SMILES string of the molecule is CC(O)=C(C(=O)OC(c1ccccc1)c1ccccc1)N1C(=O)[C@@H](N2C(=O)c3ccc([N+](=O)[O-])cc3C2=O)[C@H]1COS(C)(=O)=O. The molecule has 1 N–H and O–H groups in total. The van der Waals surface area contributed by atoms with E-state index in [1.807, 2.05) is 0 Å². The Balaban J connectivity index is 1.50. The lowest BCUT2D eigenvalue weighted by atomic mass is 9.92. The summed E-state index contributed by atoms with van der Waals surface area (Å²) in [7, 11) is -4.13. The first-order valence-corrected chi connectivity index (χ1v) is 15.2. The van der Waals surface area contributed by atoms with E-state index in [1.165, 1.54) is 0 Å². The van der Waals surface area contributed by atoms with E-state index < -0.39 is 80.7 Å². The highest BCUT2D eigenvalue weighted by molar-refractivity contribution is 7.85. The fourth-order valence-corrected chi connectivity index (χ4v) is 5.61. The Kier molecular flexibility index (Phi) is 8.23. The van der Waals surface area contributed by atoms with Gasteiger partial charge >= 0.3 is 5.97 Å². The molecule has 2 heterocycles. The van der Waals surface area contributed by atoms with Gasteiger partial charge in [0.15, 0.2) is 11.8 Å². The van der Waals surface area contributed by atoms with Gasteiger partial charge in [0.2, 0.25) is 0 Å². The third kappa shape index (κ3) is 5.90. The summed E-state index contributed by atoms with van der Waals surface area (Å²) in [5, 5.41) is 21.9. The van der Waals surface area contributed by atoms with Crippen molar-refractivity contribution in [1.29, 1.82) is 0 Å². The number of likely N-dealkylation sites (tertiary alicyclic amines) is 1. The Labute approximate surface area is 256 Å². The van der Waals surface area contributed by atoms with Gasteiger partial charge in [0.25, 0.3) is 33.5 Å². The summed E-state index contributed by atoms with van der Waals surface area (Å²) in [6, 6.07) is 17.1. The number of aliphatic hydroxyl groups excluding tert-OH is 1. The van der Waals surface area contributed by atoms with Gasteiger partial charge in [-0.15, -0.1) is 0 Å². The number of ether oxygens (including phenoxy) is 1. The van der Waals surface area contributed by atoms with E-state index in [9.17, 15) is 42.8 Å². The van der Waals surface area contributed by atoms with Crippen LogP contribution in [0.4, 0.5) is 5.69 Å². The summed E-state index contributed by atoms with van der Waals surface area (Å²) in [6.45, 7) is 0.292. The fourth-order valence-electron chi connectivity index (χ4n) is 5.23. The minimum atomic E-state index is -4.13. The number of β-lactam (4-membered cyclic amide) rings is 1. The van der Waals surface area contributed by atoms with E-state index in [-0.39, 0.29) is 11.1 Å². The molecule has 1 fully saturated rings. The topological polar surface area (TPSA) is 191 Å². The molecule has 2 aliphatic rings. The molecule has 2 atom stereocenters. The molecule has 15 heteroatoms. The molecule has 0 radical (unpaired) electrons. The number of hydrogen-bond donors (Lipinski definition) is 1. The molecule has 3 aromatic rings. The van der Waals surface area contributed by atoms with Gasteiger partial charge in [-0.3, -0.25) is 38.5 Å². The Hall–Kier alpha value is -5.41. The molecule has 0 spiro atoms. The number of carbonyl (C=O) groups excluding carboxylic acids is 4. The number of amides is 3. The first-order chi connectivity index (χ1) is 21.3. The van der Waals surface area contributed by atoms with Gasteiger partial charge in [-0.25, -0.2) is 4.79 Å². The molecule has 0 unspecified atom stereocenters. The van der Waals surface area contributed by atoms with Gasteiger partial charge in [0.05, 0.1) is 35.0 Å². The molecule has 0 saturated carbocycles. The molecule has 0 aliphatic carbocycles. The lowest BCUT2D eigenvalue weighted by Gasteiger charge is -2.49. The van der Waals surface area contributed by atoms with Crippen molar-refractivity contribution >= 4 is 39.5 Å². The minimum Gasteiger partial charge on any atom is -0.510 e. The largest absolute Gasteiger partial charge is 0.510 e. The van der Waals surface area contributed by atoms with E-state index in [4.69, 9.17) is 8.92 Å². The van der Waals surface area contributed by atoms with Crippen LogP contribution in [0.1, 0.15) is 44.9 Å². The maximum atomic E-state index is 13.7. The second-order valence-electron chi connectivity index (χ2n) is 10.2. The molecule has 45 heavy (non-hydrogen) atoms. The van der Waals surface area contributed by atoms with Crippen molar-refractivity contribution in [3.8, 4) is 0 Å². The zero-order valence-electron chi connectivity index (χ0n) is 23.7. The predicted octanol–water partition coefficient (Wildman–Crippen LogP) is 2.87. The van der Waals surface area contributed by atoms with E-state index in [0.717, 1.165) is 31.4 Å². The Bertz CT molecular complexity index is 1820. The van der Waals surface area contributed by atoms with Gasteiger partial charge in [-0.1, -0.05) is 60.7 Å². The van der Waals surface area contributed by atoms with Crippen LogP contribution in [0, 0.1) is 10.1 Å². The summed E-state index contributed by atoms with van der Waals surface area (Å²) >= 11 is 0. The highest BCUT2D eigenvalue weighted by atomic mass is 32.2. The van der Waals surface area contributed by atoms with Crippen molar-refractivity contribution in [2.24, 2.45) is 0 Å². The minimum absolute atomic E-state index is 0.207. The van der Waals surface area contributed by atoms with Crippen molar-refractivity contribution in [3.63, 3.8) is 0 Å². The number of hydrogen-bond acceptors (Lipinski definition) is 11. The van der Waals surface area contributed by atoms with Crippen molar-refractivity contribution in [3.05, 3.63) is 123 Å². The number of benzene rings is 3. The summed E-state index contributed by atoms with van der Waals surface area (Å²) in [5.41, 5.74) is -0.534. The van der Waals surface area contributed by atoms with Crippen LogP contribution >= 0.6 is 0 Å². The maximum absolute atomic E-state index is 13.7. The number of nitro groups is 1. The van der Waals surface area contributed by atoms with Gasteiger partial charge < -0.3 is 9.84 Å². The van der Waals surface area contributed by atoms with Crippen molar-refractivity contribution in [2.75, 3.05) is 12.9 Å². The molecule has 232 valence electrons. The highest BCUT2D eigenvalue weighted by Crippen LogP contribution is 2.38. The zero-order chi connectivity index (χ0) is 32.6. The monoisotopic (exact) mass is 635 g/mol. The number of carbonyl (C=O) groups is 4. The molecular formula is C30H25N3O11S. The van der Waals surface area contributed by atoms with Crippen LogP contribution in [-0.4, -0.2) is 76.9 Å². The van der Waals surface area contributed by atoms with E-state index >= 15 is 0 Å². The van der Waals surface area contributed by atoms with Crippen LogP contribution in [0.25, 0.3) is 0 Å². The Morgan fingerprint density at radius 2 is 1.51 bits per heavy atom. The highest BCUT2D eigenvalue weighted by Gasteiger charge is 2.59. The molecule has 5 rings (SSSR count). The molecule has 3 amide bonds. The van der Waals surface area contributed by atoms with Crippen LogP contribution in [0.2, 0.25) is 0 Å². The molecule has 2 aliphatic heterocycles. The summed E-state index contributed by atoms with van der Waals surface area (Å²) in [4.78, 5) is 65.7. The fraction of sp³-hybridized carbons (Fsp3) is 0.200. The van der Waals surface area contributed by atoms with Crippen molar-refractivity contribution < 1.29 is 46.5 Å². The number of esters is 1. The molecule has 14 nitrogen and oxygen atoms in total. The standard InChI is InChI=1S/C30H25N3O11S/c1-17(34)24(30(38)44-26(18-9-5-3-6-10-18)19-11-7-4-8-12-19)31-23(16-43-45(2,41)42)25(29(31)37)32-27(35)21-14-13-20(33(39)40)15-22(21)28(32)36/h3-15,23,25-26,34H,16H2,1-2H3/t23-,25+/m1/s1. The van der Waals surface area contributed by atoms with Gasteiger partial charge in [-0.05, 0) is 24.1 Å². The van der Waals surface area contributed by atoms with Gasteiger partial charge in [-0.2, -0.15) is 8.42 Å². The number of fused-ring (bicyclic) bond motifs is 1. The first kappa shape index (κ1) is 31.0. The number of imide groups is 1. The van der Waals surface area contributed by atoms with Gasteiger partial charge in [0, 0.05) is 12.1 Å². The van der Waals surface area contributed by atoms with Crippen LogP contribution < -0.4 is 0 Å². The molecule has 0 aromatic heterocycles. The molecule has 1 saturated heterocycles. The second kappa shape index (κ2) is 11.9. The first-order valence-electron chi connectivity index (χ1n) is 13.3. The van der Waals surface area contributed by atoms with Crippen molar-refractivity contribution in [1.82, 2.24) is 9.80 Å². The van der Waals surface area contributed by atoms with E-state index in [1.54, 1.807) is 60.7 Å². The summed E-state index contributed by atoms with van der Waals surface area (Å²) in [5.74, 6) is -4.87. The maximum Gasteiger partial charge on any atom is 0.359 e. The third-order valence-corrected chi connectivity index (χ3v) is 7.80. The Morgan fingerprint density at radius 3 is 2.02 bits per heavy atom. The number of rotatable bonds is 10. The average molecular weight is 636 g/mol. The number of allylic oxidation sites excluding steroid dienone is 1. The lowest BCUT2D eigenvalue weighted by molar-refractivity contribution is -0.384. The number of aliphatic hydroxyl groups is 1. The third-order valence-electron chi connectivity index (χ3n) is 7.24. The second-order valence-corrected chi connectivity index (χ2v) is 11.9. The van der Waals surface area contributed by atoms with E-state index in [0.29, 0.717) is 20.9 Å². The lowest BCUT2D eigenvalue weighted by Crippen LogP contribution is -2.73. The van der Waals surface area contributed by atoms with Crippen LogP contribution in [0.5, 0.6) is 0 Å². The molecular weight excluding hydrogens is 610 g/mol. The normalized spacial score (nSPS) is 18.4. The van der Waals surface area contributed by atoms with Crippen LogP contribution in [-0.2, 0) is 28.6 Å². The predicted molar refractivity (Wildman–Crippen MR) is 155 cm³/mol. The van der Waals surface area contributed by atoms with E-state index in [2.05, 4.69) is 0 Å². The smallest absolute Gasteiger partial charge is 0.359 e. The Morgan fingerprint density at radius 1 is 0.956 bits per heavy atom. The summed E-state index contributed by atoms with van der Waals surface area (Å²) in [6.07, 6.45) is -0.250. The van der Waals surface area contributed by atoms with Crippen LogP contribution in [0.15, 0.2) is 90.3 Å². The number of non-ortho nitro benzene ring substituents is 1. The number of nitro benzene ring substituents is 1. The number of nitrogens with zero attached hydrogens (tertiary/aromatic N) is 3. The van der Waals surface area contributed by atoms with Gasteiger partial charge in [0.1, 0.15) is 11.8 Å².